The summed E-state index contributed by atoms with van der Waals surface area (Å²) in [5.74, 6) is 2.60. The highest BCUT2D eigenvalue weighted by Crippen LogP contribution is 2.29. The van der Waals surface area contributed by atoms with E-state index in [9.17, 15) is 4.39 Å². The first-order valence-corrected chi connectivity index (χ1v) is 9.28. The van der Waals surface area contributed by atoms with Gasteiger partial charge in [0.15, 0.2) is 16.6 Å². The zero-order valence-corrected chi connectivity index (χ0v) is 15.8. The van der Waals surface area contributed by atoms with Gasteiger partial charge in [0.2, 0.25) is 0 Å². The number of benzene rings is 2. The Labute approximate surface area is 157 Å². The molecule has 0 aromatic heterocycles. The number of anilines is 1. The Morgan fingerprint density at radius 3 is 2.60 bits per heavy atom. The first-order chi connectivity index (χ1) is 12.1. The Morgan fingerprint density at radius 1 is 1.12 bits per heavy atom. The van der Waals surface area contributed by atoms with Gasteiger partial charge in [-0.25, -0.2) is 4.39 Å². The first-order valence-electron chi connectivity index (χ1n) is 7.72. The summed E-state index contributed by atoms with van der Waals surface area (Å²) in [5, 5.41) is 6.76. The summed E-state index contributed by atoms with van der Waals surface area (Å²) in [5.41, 5.74) is 1.53. The molecular formula is C18H21FN2O2S2. The fraction of sp³-hybridized carbons (Fsp3) is 0.278. The third kappa shape index (κ3) is 6.10. The molecule has 7 heteroatoms. The second kappa shape index (κ2) is 10.1. The number of halogens is 1. The van der Waals surface area contributed by atoms with E-state index in [1.54, 1.807) is 38.1 Å². The van der Waals surface area contributed by atoms with Crippen LogP contribution in [0.3, 0.4) is 0 Å². The highest BCUT2D eigenvalue weighted by molar-refractivity contribution is 7.98. The molecule has 0 radical (unpaired) electrons. The Balaban J connectivity index is 1.71. The third-order valence-corrected chi connectivity index (χ3v) is 4.64. The Bertz CT molecular complexity index is 713. The van der Waals surface area contributed by atoms with E-state index in [4.69, 9.17) is 21.7 Å². The molecule has 0 amide bonds. The molecule has 0 atom stereocenters. The minimum absolute atomic E-state index is 0.159. The molecule has 25 heavy (non-hydrogen) atoms. The van der Waals surface area contributed by atoms with E-state index in [2.05, 4.69) is 10.6 Å². The fourth-order valence-electron chi connectivity index (χ4n) is 2.12. The average molecular weight is 381 g/mol. The van der Waals surface area contributed by atoms with E-state index in [0.29, 0.717) is 28.9 Å². The maximum atomic E-state index is 13.5. The zero-order valence-electron chi connectivity index (χ0n) is 14.2. The quantitative estimate of drug-likeness (QED) is 0.532. The Hall–Kier alpha value is -1.99. The molecule has 2 aromatic carbocycles. The molecule has 2 N–H and O–H groups in total. The summed E-state index contributed by atoms with van der Waals surface area (Å²) >= 11 is 6.93. The molecule has 0 aliphatic heterocycles. The van der Waals surface area contributed by atoms with Gasteiger partial charge in [-0.3, -0.25) is 0 Å². The van der Waals surface area contributed by atoms with Crippen LogP contribution in [-0.2, 0) is 5.75 Å². The van der Waals surface area contributed by atoms with Crippen LogP contribution in [0.1, 0.15) is 5.56 Å². The van der Waals surface area contributed by atoms with Crippen molar-refractivity contribution < 1.29 is 13.9 Å². The standard InChI is InChI=1S/C18H21FN2O2S2/c1-22-16-8-7-14(11-17(16)23-2)21-18(24)20-9-10-25-12-13-5-3-4-6-15(13)19/h3-8,11H,9-10,12H2,1-2H3,(H2,20,21,24). The highest BCUT2D eigenvalue weighted by Gasteiger charge is 2.05. The van der Waals surface area contributed by atoms with Crippen LogP contribution >= 0.6 is 24.0 Å². The second-order valence-electron chi connectivity index (χ2n) is 5.09. The molecule has 0 fully saturated rings. The minimum Gasteiger partial charge on any atom is -0.493 e. The largest absolute Gasteiger partial charge is 0.493 e. The topological polar surface area (TPSA) is 42.5 Å². The van der Waals surface area contributed by atoms with Crippen molar-refractivity contribution >= 4 is 34.8 Å². The Morgan fingerprint density at radius 2 is 1.88 bits per heavy atom. The normalized spacial score (nSPS) is 10.2. The summed E-state index contributed by atoms with van der Waals surface area (Å²) in [7, 11) is 3.18. The minimum atomic E-state index is -0.159. The first kappa shape index (κ1) is 19.3. The maximum Gasteiger partial charge on any atom is 0.170 e. The van der Waals surface area contributed by atoms with E-state index in [1.165, 1.54) is 6.07 Å². The fourth-order valence-corrected chi connectivity index (χ4v) is 3.19. The van der Waals surface area contributed by atoms with Crippen molar-refractivity contribution in [3.8, 4) is 11.5 Å². The van der Waals surface area contributed by atoms with Gasteiger partial charge in [0.05, 0.1) is 14.2 Å². The number of methoxy groups -OCH3 is 2. The lowest BCUT2D eigenvalue weighted by Gasteiger charge is -2.13. The molecule has 2 rings (SSSR count). The molecular weight excluding hydrogens is 359 g/mol. The van der Waals surface area contributed by atoms with Crippen molar-refractivity contribution in [1.29, 1.82) is 0 Å². The van der Waals surface area contributed by atoms with E-state index < -0.39 is 0 Å². The van der Waals surface area contributed by atoms with Crippen molar-refractivity contribution in [2.45, 2.75) is 5.75 Å². The number of thioether (sulfide) groups is 1. The lowest BCUT2D eigenvalue weighted by atomic mass is 10.2. The van der Waals surface area contributed by atoms with Crippen molar-refractivity contribution in [3.63, 3.8) is 0 Å². The molecule has 134 valence electrons. The molecule has 0 unspecified atom stereocenters. The summed E-state index contributed by atoms with van der Waals surface area (Å²) in [6, 6.07) is 12.3. The summed E-state index contributed by atoms with van der Waals surface area (Å²) < 4.78 is 24.0. The number of hydrogen-bond donors (Lipinski definition) is 2. The SMILES string of the molecule is COc1ccc(NC(=S)NCCSCc2ccccc2F)cc1OC. The molecule has 0 saturated carbocycles. The van der Waals surface area contributed by atoms with Crippen LogP contribution in [0.4, 0.5) is 10.1 Å². The van der Waals surface area contributed by atoms with E-state index in [0.717, 1.165) is 17.0 Å². The lowest BCUT2D eigenvalue weighted by molar-refractivity contribution is 0.355. The van der Waals surface area contributed by atoms with Crippen LogP contribution in [0, 0.1) is 5.82 Å². The predicted octanol–water partition coefficient (Wildman–Crippen LogP) is 4.06. The van der Waals surface area contributed by atoms with Crippen molar-refractivity contribution in [2.24, 2.45) is 0 Å². The molecule has 0 bridgehead atoms. The van der Waals surface area contributed by atoms with E-state index in [1.807, 2.05) is 24.3 Å². The van der Waals surface area contributed by atoms with Crippen LogP contribution in [0.25, 0.3) is 0 Å². The molecule has 0 heterocycles. The second-order valence-corrected chi connectivity index (χ2v) is 6.61. The predicted molar refractivity (Wildman–Crippen MR) is 106 cm³/mol. The third-order valence-electron chi connectivity index (χ3n) is 3.39. The van der Waals surface area contributed by atoms with Gasteiger partial charge in [0.25, 0.3) is 0 Å². The monoisotopic (exact) mass is 380 g/mol. The lowest BCUT2D eigenvalue weighted by Crippen LogP contribution is -2.30. The number of rotatable bonds is 8. The summed E-state index contributed by atoms with van der Waals surface area (Å²) in [4.78, 5) is 0. The van der Waals surface area contributed by atoms with Gasteiger partial charge in [-0.15, -0.1) is 0 Å². The smallest absolute Gasteiger partial charge is 0.170 e. The molecule has 0 aliphatic rings. The van der Waals surface area contributed by atoms with Gasteiger partial charge in [0, 0.05) is 29.8 Å². The van der Waals surface area contributed by atoms with E-state index >= 15 is 0 Å². The van der Waals surface area contributed by atoms with E-state index in [-0.39, 0.29) is 5.82 Å². The van der Waals surface area contributed by atoms with Crippen LogP contribution in [0.5, 0.6) is 11.5 Å². The zero-order chi connectivity index (χ0) is 18.1. The number of ether oxygens (including phenoxy) is 2. The molecule has 0 spiro atoms. The van der Waals surface area contributed by atoms with Crippen LogP contribution in [0.15, 0.2) is 42.5 Å². The van der Waals surface area contributed by atoms with Crippen molar-refractivity contribution in [2.75, 3.05) is 31.8 Å². The molecule has 2 aromatic rings. The van der Waals surface area contributed by atoms with Crippen molar-refractivity contribution in [1.82, 2.24) is 5.32 Å². The molecule has 0 saturated heterocycles. The van der Waals surface area contributed by atoms with Gasteiger partial charge in [-0.1, -0.05) is 18.2 Å². The summed E-state index contributed by atoms with van der Waals surface area (Å²) in [6.45, 7) is 0.693. The number of hydrogen-bond acceptors (Lipinski definition) is 4. The van der Waals surface area contributed by atoms with Gasteiger partial charge in [-0.05, 0) is 36.0 Å². The van der Waals surface area contributed by atoms with Gasteiger partial charge >= 0.3 is 0 Å². The van der Waals surface area contributed by atoms with Crippen LogP contribution in [-0.4, -0.2) is 31.6 Å². The number of nitrogens with one attached hydrogen (secondary N) is 2. The van der Waals surface area contributed by atoms with Crippen molar-refractivity contribution in [3.05, 3.63) is 53.8 Å². The van der Waals surface area contributed by atoms with Crippen LogP contribution < -0.4 is 20.1 Å². The molecule has 4 nitrogen and oxygen atoms in total. The molecule has 0 aliphatic carbocycles. The van der Waals surface area contributed by atoms with Gasteiger partial charge in [0.1, 0.15) is 5.82 Å². The maximum absolute atomic E-state index is 13.5. The van der Waals surface area contributed by atoms with Gasteiger partial charge < -0.3 is 20.1 Å². The summed E-state index contributed by atoms with van der Waals surface area (Å²) in [6.07, 6.45) is 0. The number of thiocarbonyl (C=S) groups is 1. The Kier molecular flexibility index (Phi) is 7.81. The van der Waals surface area contributed by atoms with Crippen LogP contribution in [0.2, 0.25) is 0 Å². The van der Waals surface area contributed by atoms with Gasteiger partial charge in [-0.2, -0.15) is 11.8 Å². The average Bonchev–Trinajstić information content (AvgIpc) is 2.62. The highest BCUT2D eigenvalue weighted by atomic mass is 32.2.